The van der Waals surface area contributed by atoms with E-state index in [0.717, 1.165) is 36.3 Å². The van der Waals surface area contributed by atoms with Gasteiger partial charge >= 0.3 is 0 Å². The normalized spacial score (nSPS) is 19.4. The topological polar surface area (TPSA) is 49.1 Å². The van der Waals surface area contributed by atoms with Crippen molar-refractivity contribution in [3.05, 3.63) is 36.0 Å². The highest BCUT2D eigenvalue weighted by atomic mass is 16.5. The lowest BCUT2D eigenvalue weighted by atomic mass is 10.1. The summed E-state index contributed by atoms with van der Waals surface area (Å²) in [5, 5.41) is 10.2. The zero-order valence-corrected chi connectivity index (χ0v) is 10.8. The van der Waals surface area contributed by atoms with E-state index in [1.54, 1.807) is 0 Å². The minimum Gasteiger partial charge on any atom is -0.377 e. The third-order valence-electron chi connectivity index (χ3n) is 3.49. The van der Waals surface area contributed by atoms with Crippen LogP contribution in [-0.2, 0) is 4.74 Å². The summed E-state index contributed by atoms with van der Waals surface area (Å²) >= 11 is 0. The molecule has 4 nitrogen and oxygen atoms in total. The van der Waals surface area contributed by atoms with Gasteiger partial charge in [0.25, 0.3) is 0 Å². The average molecular weight is 253 g/mol. The van der Waals surface area contributed by atoms with Crippen molar-refractivity contribution >= 4 is 16.6 Å². The Morgan fingerprint density at radius 2 is 2.26 bits per heavy atom. The van der Waals surface area contributed by atoms with Crippen molar-refractivity contribution in [1.82, 2.24) is 4.98 Å². The zero-order valence-electron chi connectivity index (χ0n) is 10.8. The molecule has 19 heavy (non-hydrogen) atoms. The van der Waals surface area contributed by atoms with E-state index in [-0.39, 0.29) is 0 Å². The molecular weight excluding hydrogens is 238 g/mol. The number of nitrogens with zero attached hydrogens (tertiary/aromatic N) is 3. The molecule has 4 heteroatoms. The summed E-state index contributed by atoms with van der Waals surface area (Å²) in [4.78, 5) is 6.66. The van der Waals surface area contributed by atoms with Gasteiger partial charge in [-0.25, -0.2) is 4.98 Å². The molecule has 1 aliphatic heterocycles. The van der Waals surface area contributed by atoms with E-state index in [1.165, 1.54) is 0 Å². The first-order valence-electron chi connectivity index (χ1n) is 6.44. The maximum Gasteiger partial charge on any atom is 0.143 e. The molecule has 0 bridgehead atoms. The second-order valence-electron chi connectivity index (χ2n) is 4.77. The van der Waals surface area contributed by atoms with Crippen LogP contribution in [0.3, 0.4) is 0 Å². The first-order chi connectivity index (χ1) is 9.29. The number of fused-ring (bicyclic) bond motifs is 1. The van der Waals surface area contributed by atoms with Crippen molar-refractivity contribution in [3.8, 4) is 6.07 Å². The number of para-hydroxylation sites is 1. The summed E-state index contributed by atoms with van der Waals surface area (Å²) in [7, 11) is 0. The molecule has 0 radical (unpaired) electrons. The Bertz CT molecular complexity index is 647. The van der Waals surface area contributed by atoms with Gasteiger partial charge < -0.3 is 9.64 Å². The zero-order chi connectivity index (χ0) is 13.2. The van der Waals surface area contributed by atoms with Crippen molar-refractivity contribution in [2.45, 2.75) is 13.0 Å². The molecule has 1 saturated heterocycles. The smallest absolute Gasteiger partial charge is 0.143 e. The number of nitriles is 1. The molecule has 2 aromatic rings. The van der Waals surface area contributed by atoms with Crippen LogP contribution in [0.2, 0.25) is 0 Å². The summed E-state index contributed by atoms with van der Waals surface area (Å²) in [6, 6.07) is 12.3. The SMILES string of the molecule is CC1COCCN1c1cc(C#N)nc2ccccc12. The van der Waals surface area contributed by atoms with Gasteiger partial charge in [0.1, 0.15) is 11.8 Å². The molecule has 3 rings (SSSR count). The fraction of sp³-hybridized carbons (Fsp3) is 0.333. The molecular formula is C15H15N3O. The molecule has 96 valence electrons. The highest BCUT2D eigenvalue weighted by Crippen LogP contribution is 2.29. The Morgan fingerprint density at radius 3 is 3.05 bits per heavy atom. The lowest BCUT2D eigenvalue weighted by Gasteiger charge is -2.35. The van der Waals surface area contributed by atoms with Gasteiger partial charge in [0.2, 0.25) is 0 Å². The van der Waals surface area contributed by atoms with Crippen molar-refractivity contribution in [2.75, 3.05) is 24.7 Å². The largest absolute Gasteiger partial charge is 0.377 e. The van der Waals surface area contributed by atoms with Gasteiger partial charge in [-0.1, -0.05) is 18.2 Å². The van der Waals surface area contributed by atoms with Crippen LogP contribution in [0.25, 0.3) is 10.9 Å². The Labute approximate surface area is 112 Å². The van der Waals surface area contributed by atoms with Crippen LogP contribution in [-0.4, -0.2) is 30.8 Å². The minimum absolute atomic E-state index is 0.311. The Kier molecular flexibility index (Phi) is 3.06. The summed E-state index contributed by atoms with van der Waals surface area (Å²) in [6.45, 7) is 4.43. The molecule has 1 fully saturated rings. The number of benzene rings is 1. The summed E-state index contributed by atoms with van der Waals surface area (Å²) in [5.74, 6) is 0. The molecule has 1 aromatic carbocycles. The third-order valence-corrected chi connectivity index (χ3v) is 3.49. The lowest BCUT2D eigenvalue weighted by Crippen LogP contribution is -2.43. The monoisotopic (exact) mass is 253 g/mol. The predicted octanol–water partition coefficient (Wildman–Crippen LogP) is 2.33. The number of aromatic nitrogens is 1. The fourth-order valence-corrected chi connectivity index (χ4v) is 2.54. The van der Waals surface area contributed by atoms with Crippen LogP contribution in [0.4, 0.5) is 5.69 Å². The van der Waals surface area contributed by atoms with Crippen molar-refractivity contribution in [2.24, 2.45) is 0 Å². The first kappa shape index (κ1) is 11.9. The van der Waals surface area contributed by atoms with Crippen molar-refractivity contribution < 1.29 is 4.74 Å². The van der Waals surface area contributed by atoms with Gasteiger partial charge in [-0.05, 0) is 19.1 Å². The molecule has 1 aliphatic rings. The third kappa shape index (κ3) is 2.13. The van der Waals surface area contributed by atoms with E-state index in [9.17, 15) is 0 Å². The van der Waals surface area contributed by atoms with E-state index in [1.807, 2.05) is 24.3 Å². The molecule has 1 unspecified atom stereocenters. The van der Waals surface area contributed by atoms with Gasteiger partial charge in [-0.2, -0.15) is 5.26 Å². The number of ether oxygens (including phenoxy) is 1. The Morgan fingerprint density at radius 1 is 1.42 bits per heavy atom. The highest BCUT2D eigenvalue weighted by molar-refractivity contribution is 5.92. The number of rotatable bonds is 1. The maximum atomic E-state index is 9.13. The molecule has 0 spiro atoms. The number of morpholine rings is 1. The lowest BCUT2D eigenvalue weighted by molar-refractivity contribution is 0.0991. The molecule has 0 N–H and O–H groups in total. The van der Waals surface area contributed by atoms with Gasteiger partial charge in [0.15, 0.2) is 0 Å². The number of hydrogen-bond acceptors (Lipinski definition) is 4. The Hall–Kier alpha value is -2.12. The van der Waals surface area contributed by atoms with E-state index < -0.39 is 0 Å². The average Bonchev–Trinajstić information content (AvgIpc) is 2.46. The van der Waals surface area contributed by atoms with Gasteiger partial charge in [0, 0.05) is 23.7 Å². The quantitative estimate of drug-likeness (QED) is 0.782. The van der Waals surface area contributed by atoms with Gasteiger partial charge in [-0.15, -0.1) is 0 Å². The molecule has 1 atom stereocenters. The van der Waals surface area contributed by atoms with Crippen molar-refractivity contribution in [1.29, 1.82) is 5.26 Å². The van der Waals surface area contributed by atoms with Crippen LogP contribution in [0.5, 0.6) is 0 Å². The number of pyridine rings is 1. The van der Waals surface area contributed by atoms with E-state index >= 15 is 0 Å². The van der Waals surface area contributed by atoms with Crippen LogP contribution in [0.1, 0.15) is 12.6 Å². The maximum absolute atomic E-state index is 9.13. The summed E-state index contributed by atoms with van der Waals surface area (Å²) in [6.07, 6.45) is 0. The van der Waals surface area contributed by atoms with Crippen molar-refractivity contribution in [3.63, 3.8) is 0 Å². The van der Waals surface area contributed by atoms with E-state index in [4.69, 9.17) is 10.00 Å². The summed E-state index contributed by atoms with van der Waals surface area (Å²) < 4.78 is 5.48. The fourth-order valence-electron chi connectivity index (χ4n) is 2.54. The Balaban J connectivity index is 2.18. The predicted molar refractivity (Wildman–Crippen MR) is 74.1 cm³/mol. The first-order valence-corrected chi connectivity index (χ1v) is 6.44. The van der Waals surface area contributed by atoms with Crippen LogP contribution in [0.15, 0.2) is 30.3 Å². The summed E-state index contributed by atoms with van der Waals surface area (Å²) in [5.41, 5.74) is 2.42. The van der Waals surface area contributed by atoms with Gasteiger partial charge in [0.05, 0.1) is 18.7 Å². The molecule has 0 aliphatic carbocycles. The second-order valence-corrected chi connectivity index (χ2v) is 4.77. The minimum atomic E-state index is 0.311. The highest BCUT2D eigenvalue weighted by Gasteiger charge is 2.21. The van der Waals surface area contributed by atoms with Crippen LogP contribution >= 0.6 is 0 Å². The second kappa shape index (κ2) is 4.87. The molecule has 1 aromatic heterocycles. The molecule has 0 saturated carbocycles. The van der Waals surface area contributed by atoms with Gasteiger partial charge in [-0.3, -0.25) is 0 Å². The van der Waals surface area contributed by atoms with E-state index in [0.29, 0.717) is 11.7 Å². The molecule has 2 heterocycles. The van der Waals surface area contributed by atoms with Crippen LogP contribution in [0, 0.1) is 11.3 Å². The van der Waals surface area contributed by atoms with E-state index in [2.05, 4.69) is 28.9 Å². The number of hydrogen-bond donors (Lipinski definition) is 0. The standard InChI is InChI=1S/C15H15N3O/c1-11-10-19-7-6-18(11)15-8-12(9-16)17-14-5-3-2-4-13(14)15/h2-5,8,11H,6-7,10H2,1H3. The number of anilines is 1. The van der Waals surface area contributed by atoms with Crippen LogP contribution < -0.4 is 4.90 Å². The molecule has 0 amide bonds.